The van der Waals surface area contributed by atoms with Gasteiger partial charge < -0.3 is 11.1 Å². The lowest BCUT2D eigenvalue weighted by atomic mass is 10.1. The molecule has 0 radical (unpaired) electrons. The van der Waals surface area contributed by atoms with Crippen molar-refractivity contribution in [2.24, 2.45) is 0 Å². The van der Waals surface area contributed by atoms with Gasteiger partial charge in [-0.3, -0.25) is 9.78 Å². The van der Waals surface area contributed by atoms with Crippen LogP contribution in [0.4, 0.5) is 11.4 Å². The van der Waals surface area contributed by atoms with E-state index < -0.39 is 0 Å². The molecular formula is C14H15N3O. The second-order valence-electron chi connectivity index (χ2n) is 4.27. The lowest BCUT2D eigenvalue weighted by molar-refractivity contribution is 0.102. The lowest BCUT2D eigenvalue weighted by Crippen LogP contribution is -2.12. The maximum Gasteiger partial charge on any atom is 0.255 e. The number of rotatable bonds is 2. The van der Waals surface area contributed by atoms with E-state index in [1.54, 1.807) is 24.4 Å². The highest BCUT2D eigenvalue weighted by atomic mass is 16.1. The number of benzene rings is 1. The molecule has 4 nitrogen and oxygen atoms in total. The summed E-state index contributed by atoms with van der Waals surface area (Å²) in [7, 11) is 0. The standard InChI is InChI=1S/C14H15N3O/c1-9-5-11(8-12(15)6-9)14(18)17-13-3-4-16-10(2)7-13/h3-8H,15H2,1-2H3,(H,16,17,18). The molecule has 0 saturated heterocycles. The van der Waals surface area contributed by atoms with Gasteiger partial charge >= 0.3 is 0 Å². The number of nitrogens with two attached hydrogens (primary N) is 1. The molecular weight excluding hydrogens is 226 g/mol. The molecule has 0 unspecified atom stereocenters. The summed E-state index contributed by atoms with van der Waals surface area (Å²) in [5.74, 6) is -0.170. The number of aromatic nitrogens is 1. The van der Waals surface area contributed by atoms with Crippen LogP contribution in [0.1, 0.15) is 21.6 Å². The molecule has 0 spiro atoms. The number of carbonyl (C=O) groups excluding carboxylic acids is 1. The number of nitrogens with zero attached hydrogens (tertiary/aromatic N) is 1. The SMILES string of the molecule is Cc1cc(N)cc(C(=O)Nc2ccnc(C)c2)c1. The maximum absolute atomic E-state index is 12.0. The summed E-state index contributed by atoms with van der Waals surface area (Å²) in [5.41, 5.74) is 9.42. The predicted molar refractivity (Wildman–Crippen MR) is 72.5 cm³/mol. The molecule has 3 N–H and O–H groups in total. The monoisotopic (exact) mass is 241 g/mol. The van der Waals surface area contributed by atoms with Crippen molar-refractivity contribution in [3.05, 3.63) is 53.3 Å². The van der Waals surface area contributed by atoms with Crippen molar-refractivity contribution < 1.29 is 4.79 Å². The second-order valence-corrected chi connectivity index (χ2v) is 4.27. The van der Waals surface area contributed by atoms with Gasteiger partial charge in [-0.15, -0.1) is 0 Å². The zero-order valence-corrected chi connectivity index (χ0v) is 10.4. The number of carbonyl (C=O) groups is 1. The fourth-order valence-corrected chi connectivity index (χ4v) is 1.77. The molecule has 0 fully saturated rings. The van der Waals surface area contributed by atoms with Gasteiger partial charge in [-0.05, 0) is 49.7 Å². The van der Waals surface area contributed by atoms with E-state index in [0.29, 0.717) is 11.3 Å². The van der Waals surface area contributed by atoms with Gasteiger partial charge in [0.2, 0.25) is 0 Å². The molecule has 0 aliphatic rings. The van der Waals surface area contributed by atoms with Gasteiger partial charge in [-0.25, -0.2) is 0 Å². The minimum Gasteiger partial charge on any atom is -0.399 e. The molecule has 92 valence electrons. The molecule has 0 aliphatic carbocycles. The molecule has 2 rings (SSSR count). The number of anilines is 2. The van der Waals surface area contributed by atoms with Crippen LogP contribution in [0.15, 0.2) is 36.5 Å². The topological polar surface area (TPSA) is 68.0 Å². The summed E-state index contributed by atoms with van der Waals surface area (Å²) >= 11 is 0. The Bertz CT molecular complexity index is 573. The molecule has 1 aromatic carbocycles. The fourth-order valence-electron chi connectivity index (χ4n) is 1.77. The minimum atomic E-state index is -0.170. The van der Waals surface area contributed by atoms with E-state index >= 15 is 0 Å². The molecule has 2 aromatic rings. The highest BCUT2D eigenvalue weighted by Crippen LogP contribution is 2.14. The molecule has 1 heterocycles. The first-order valence-electron chi connectivity index (χ1n) is 5.66. The molecule has 0 atom stereocenters. The van der Waals surface area contributed by atoms with Crippen LogP contribution in [0.25, 0.3) is 0 Å². The molecule has 1 amide bonds. The van der Waals surface area contributed by atoms with Crippen molar-refractivity contribution >= 4 is 17.3 Å². The van der Waals surface area contributed by atoms with Gasteiger partial charge in [-0.1, -0.05) is 0 Å². The first-order chi connectivity index (χ1) is 8.54. The van der Waals surface area contributed by atoms with Gasteiger partial charge in [0.05, 0.1) is 0 Å². The Morgan fingerprint density at radius 3 is 2.67 bits per heavy atom. The summed E-state index contributed by atoms with van der Waals surface area (Å²) < 4.78 is 0. The van der Waals surface area contributed by atoms with E-state index in [0.717, 1.165) is 16.9 Å². The number of aryl methyl sites for hydroxylation is 2. The van der Waals surface area contributed by atoms with E-state index in [4.69, 9.17) is 5.73 Å². The third kappa shape index (κ3) is 2.85. The molecule has 0 saturated carbocycles. The highest BCUT2D eigenvalue weighted by molar-refractivity contribution is 6.04. The number of hydrogen-bond donors (Lipinski definition) is 2. The zero-order chi connectivity index (χ0) is 13.1. The van der Waals surface area contributed by atoms with Gasteiger partial charge in [0.1, 0.15) is 0 Å². The summed E-state index contributed by atoms with van der Waals surface area (Å²) in [4.78, 5) is 16.1. The van der Waals surface area contributed by atoms with Crippen LogP contribution in [0, 0.1) is 13.8 Å². The highest BCUT2D eigenvalue weighted by Gasteiger charge is 2.07. The Morgan fingerprint density at radius 1 is 1.22 bits per heavy atom. The van der Waals surface area contributed by atoms with Gasteiger partial charge in [0.15, 0.2) is 0 Å². The van der Waals surface area contributed by atoms with Crippen LogP contribution in [0.3, 0.4) is 0 Å². The van der Waals surface area contributed by atoms with E-state index in [2.05, 4.69) is 10.3 Å². The first-order valence-corrected chi connectivity index (χ1v) is 5.66. The van der Waals surface area contributed by atoms with E-state index in [-0.39, 0.29) is 5.91 Å². The van der Waals surface area contributed by atoms with Crippen LogP contribution >= 0.6 is 0 Å². The molecule has 4 heteroatoms. The number of nitrogens with one attached hydrogen (secondary N) is 1. The lowest BCUT2D eigenvalue weighted by Gasteiger charge is -2.07. The molecule has 0 bridgehead atoms. The van der Waals surface area contributed by atoms with Crippen LogP contribution in [-0.2, 0) is 0 Å². The zero-order valence-electron chi connectivity index (χ0n) is 10.4. The van der Waals surface area contributed by atoms with E-state index in [1.165, 1.54) is 0 Å². The normalized spacial score (nSPS) is 10.1. The van der Waals surface area contributed by atoms with Crippen molar-refractivity contribution in [2.75, 3.05) is 11.1 Å². The average Bonchev–Trinajstić information content (AvgIpc) is 2.27. The third-order valence-corrected chi connectivity index (χ3v) is 2.52. The van der Waals surface area contributed by atoms with E-state index in [1.807, 2.05) is 26.0 Å². The third-order valence-electron chi connectivity index (χ3n) is 2.52. The molecule has 0 aliphatic heterocycles. The Labute approximate surface area is 106 Å². The maximum atomic E-state index is 12.0. The average molecular weight is 241 g/mol. The summed E-state index contributed by atoms with van der Waals surface area (Å²) in [6.45, 7) is 3.78. The van der Waals surface area contributed by atoms with Crippen molar-refractivity contribution in [3.8, 4) is 0 Å². The van der Waals surface area contributed by atoms with Crippen LogP contribution in [-0.4, -0.2) is 10.9 Å². The summed E-state index contributed by atoms with van der Waals surface area (Å²) in [6, 6.07) is 8.87. The van der Waals surface area contributed by atoms with Crippen LogP contribution in [0.2, 0.25) is 0 Å². The fraction of sp³-hybridized carbons (Fsp3) is 0.143. The first kappa shape index (κ1) is 12.1. The number of hydrogen-bond acceptors (Lipinski definition) is 3. The van der Waals surface area contributed by atoms with Crippen molar-refractivity contribution in [1.82, 2.24) is 4.98 Å². The number of nitrogen functional groups attached to an aromatic ring is 1. The predicted octanol–water partition coefficient (Wildman–Crippen LogP) is 2.53. The van der Waals surface area contributed by atoms with Gasteiger partial charge in [0, 0.05) is 28.8 Å². The Hall–Kier alpha value is -2.36. The van der Waals surface area contributed by atoms with Gasteiger partial charge in [-0.2, -0.15) is 0 Å². The Kier molecular flexibility index (Phi) is 3.28. The van der Waals surface area contributed by atoms with Crippen molar-refractivity contribution in [1.29, 1.82) is 0 Å². The van der Waals surface area contributed by atoms with Crippen molar-refractivity contribution in [2.45, 2.75) is 13.8 Å². The van der Waals surface area contributed by atoms with E-state index in [9.17, 15) is 4.79 Å². The summed E-state index contributed by atoms with van der Waals surface area (Å²) in [6.07, 6.45) is 1.66. The number of amides is 1. The minimum absolute atomic E-state index is 0.170. The largest absolute Gasteiger partial charge is 0.399 e. The van der Waals surface area contributed by atoms with Crippen LogP contribution < -0.4 is 11.1 Å². The second kappa shape index (κ2) is 4.87. The Morgan fingerprint density at radius 2 is 2.00 bits per heavy atom. The smallest absolute Gasteiger partial charge is 0.255 e. The Balaban J connectivity index is 2.22. The summed E-state index contributed by atoms with van der Waals surface area (Å²) in [5, 5.41) is 2.82. The quantitative estimate of drug-likeness (QED) is 0.794. The molecule has 18 heavy (non-hydrogen) atoms. The molecule has 1 aromatic heterocycles. The van der Waals surface area contributed by atoms with Crippen LogP contribution in [0.5, 0.6) is 0 Å². The number of pyridine rings is 1. The van der Waals surface area contributed by atoms with Crippen molar-refractivity contribution in [3.63, 3.8) is 0 Å². The van der Waals surface area contributed by atoms with Gasteiger partial charge in [0.25, 0.3) is 5.91 Å².